The average molecular weight is 382 g/mol. The van der Waals surface area contributed by atoms with E-state index in [1.165, 1.54) is 37.5 Å². The van der Waals surface area contributed by atoms with Crippen LogP contribution in [-0.4, -0.2) is 20.8 Å². The molecule has 0 aliphatic rings. The number of rotatable bonds is 6. The van der Waals surface area contributed by atoms with Gasteiger partial charge < -0.3 is 16.0 Å². The van der Waals surface area contributed by atoms with Gasteiger partial charge in [0.25, 0.3) is 0 Å². The van der Waals surface area contributed by atoms with E-state index in [2.05, 4.69) is 25.9 Å². The van der Waals surface area contributed by atoms with Crippen LogP contribution in [0, 0.1) is 15.9 Å². The zero-order valence-electron chi connectivity index (χ0n) is 14.6. The van der Waals surface area contributed by atoms with Crippen LogP contribution in [0.3, 0.4) is 0 Å². The number of aromatic nitrogens is 2. The summed E-state index contributed by atoms with van der Waals surface area (Å²) in [6, 6.07) is 11.9. The number of nitrogens with zero attached hydrogens (tertiary/aromatic N) is 3. The maximum absolute atomic E-state index is 13.0. The van der Waals surface area contributed by atoms with E-state index < -0.39 is 10.7 Å². The maximum atomic E-state index is 13.0. The molecule has 142 valence electrons. The first-order valence-corrected chi connectivity index (χ1v) is 8.09. The van der Waals surface area contributed by atoms with E-state index in [0.29, 0.717) is 17.1 Å². The molecular weight excluding hydrogens is 367 g/mol. The van der Waals surface area contributed by atoms with Gasteiger partial charge in [0.1, 0.15) is 12.1 Å². The van der Waals surface area contributed by atoms with Crippen molar-refractivity contribution in [2.75, 3.05) is 16.0 Å². The maximum Gasteiger partial charge on any atom is 0.353 e. The molecule has 0 saturated heterocycles. The molecule has 0 bridgehead atoms. The molecule has 1 amide bonds. The van der Waals surface area contributed by atoms with Gasteiger partial charge in [-0.05, 0) is 48.5 Å². The van der Waals surface area contributed by atoms with Gasteiger partial charge >= 0.3 is 5.69 Å². The third-order valence-corrected chi connectivity index (χ3v) is 3.58. The van der Waals surface area contributed by atoms with Crippen molar-refractivity contribution < 1.29 is 14.1 Å². The molecule has 0 saturated carbocycles. The smallest absolute Gasteiger partial charge is 0.334 e. The van der Waals surface area contributed by atoms with Gasteiger partial charge in [0, 0.05) is 24.0 Å². The second-order valence-corrected chi connectivity index (χ2v) is 5.69. The number of hydrogen-bond acceptors (Lipinski definition) is 7. The highest BCUT2D eigenvalue weighted by molar-refractivity contribution is 5.89. The molecule has 28 heavy (non-hydrogen) atoms. The SMILES string of the molecule is CC(=O)Nc1ccc(Nc2ncnc(Nc3ccc(F)cc3)c2[N+](=O)[O-])cc1. The van der Waals surface area contributed by atoms with E-state index in [9.17, 15) is 19.3 Å². The number of hydrogen-bond donors (Lipinski definition) is 3. The summed E-state index contributed by atoms with van der Waals surface area (Å²) >= 11 is 0. The van der Waals surface area contributed by atoms with Crippen molar-refractivity contribution in [1.82, 2.24) is 9.97 Å². The van der Waals surface area contributed by atoms with Gasteiger partial charge in [-0.3, -0.25) is 14.9 Å². The van der Waals surface area contributed by atoms with Crippen molar-refractivity contribution >= 4 is 40.3 Å². The second-order valence-electron chi connectivity index (χ2n) is 5.69. The molecular formula is C18H15FN6O3. The number of nitro groups is 1. The fraction of sp³-hybridized carbons (Fsp3) is 0.0556. The molecule has 9 nitrogen and oxygen atoms in total. The van der Waals surface area contributed by atoms with Crippen LogP contribution in [-0.2, 0) is 4.79 Å². The van der Waals surface area contributed by atoms with Crippen LogP contribution < -0.4 is 16.0 Å². The van der Waals surface area contributed by atoms with Crippen molar-refractivity contribution in [2.24, 2.45) is 0 Å². The van der Waals surface area contributed by atoms with Gasteiger partial charge in [0.15, 0.2) is 0 Å². The number of carbonyl (C=O) groups is 1. The van der Waals surface area contributed by atoms with Crippen LogP contribution in [0.15, 0.2) is 54.9 Å². The molecule has 1 heterocycles. The van der Waals surface area contributed by atoms with Gasteiger partial charge in [-0.2, -0.15) is 0 Å². The monoisotopic (exact) mass is 382 g/mol. The quantitative estimate of drug-likeness (QED) is 0.435. The minimum atomic E-state index is -0.611. The molecule has 3 aromatic rings. The van der Waals surface area contributed by atoms with Crippen LogP contribution in [0.25, 0.3) is 0 Å². The Balaban J connectivity index is 1.87. The summed E-state index contributed by atoms with van der Waals surface area (Å²) in [6.07, 6.45) is 1.17. The molecule has 3 N–H and O–H groups in total. The summed E-state index contributed by atoms with van der Waals surface area (Å²) in [5.74, 6) is -0.683. The Labute approximate surface area is 158 Å². The normalized spacial score (nSPS) is 10.2. The lowest BCUT2D eigenvalue weighted by Crippen LogP contribution is -2.06. The molecule has 1 aromatic heterocycles. The van der Waals surface area contributed by atoms with E-state index in [4.69, 9.17) is 0 Å². The highest BCUT2D eigenvalue weighted by Gasteiger charge is 2.23. The molecule has 0 radical (unpaired) electrons. The van der Waals surface area contributed by atoms with E-state index in [0.717, 1.165) is 0 Å². The van der Waals surface area contributed by atoms with Gasteiger partial charge in [0.2, 0.25) is 17.5 Å². The number of nitrogens with one attached hydrogen (secondary N) is 3. The Morgan fingerprint density at radius 1 is 0.929 bits per heavy atom. The standard InChI is InChI=1S/C18H15FN6O3/c1-11(26)22-13-6-8-15(9-7-13)24-18-16(25(27)28)17(20-10-21-18)23-14-4-2-12(19)3-5-14/h2-10H,1H3,(H,22,26)(H2,20,21,23,24). The lowest BCUT2D eigenvalue weighted by Gasteiger charge is -2.10. The predicted molar refractivity (Wildman–Crippen MR) is 102 cm³/mol. The molecule has 3 rings (SSSR count). The first-order valence-electron chi connectivity index (χ1n) is 8.09. The van der Waals surface area contributed by atoms with Crippen LogP contribution in [0.5, 0.6) is 0 Å². The Hall–Kier alpha value is -4.08. The molecule has 0 atom stereocenters. The van der Waals surface area contributed by atoms with Crippen LogP contribution in [0.2, 0.25) is 0 Å². The van der Waals surface area contributed by atoms with Gasteiger partial charge in [-0.15, -0.1) is 0 Å². The molecule has 0 aliphatic heterocycles. The van der Waals surface area contributed by atoms with Crippen molar-refractivity contribution in [2.45, 2.75) is 6.92 Å². The molecule has 0 spiro atoms. The van der Waals surface area contributed by atoms with Crippen molar-refractivity contribution in [3.63, 3.8) is 0 Å². The number of amides is 1. The minimum absolute atomic E-state index is 0.0168. The summed E-state index contributed by atoms with van der Waals surface area (Å²) in [6.45, 7) is 1.39. The summed E-state index contributed by atoms with van der Waals surface area (Å²) in [5.41, 5.74) is 1.20. The lowest BCUT2D eigenvalue weighted by molar-refractivity contribution is -0.383. The Kier molecular flexibility index (Phi) is 5.40. The predicted octanol–water partition coefficient (Wildman–Crippen LogP) is 3.97. The minimum Gasteiger partial charge on any atom is -0.334 e. The summed E-state index contributed by atoms with van der Waals surface area (Å²) < 4.78 is 13.0. The first kappa shape index (κ1) is 18.7. The van der Waals surface area contributed by atoms with Crippen molar-refractivity contribution in [1.29, 1.82) is 0 Å². The number of halogens is 1. The highest BCUT2D eigenvalue weighted by atomic mass is 19.1. The summed E-state index contributed by atoms with van der Waals surface area (Å²) in [7, 11) is 0. The Morgan fingerprint density at radius 2 is 1.39 bits per heavy atom. The number of anilines is 5. The van der Waals surface area contributed by atoms with Gasteiger partial charge in [-0.25, -0.2) is 14.4 Å². The third-order valence-electron chi connectivity index (χ3n) is 3.58. The Morgan fingerprint density at radius 3 is 1.86 bits per heavy atom. The van der Waals surface area contributed by atoms with E-state index >= 15 is 0 Å². The zero-order chi connectivity index (χ0) is 20.1. The highest BCUT2D eigenvalue weighted by Crippen LogP contribution is 2.33. The van der Waals surface area contributed by atoms with Gasteiger partial charge in [0.05, 0.1) is 4.92 Å². The van der Waals surface area contributed by atoms with E-state index in [1.807, 2.05) is 0 Å². The van der Waals surface area contributed by atoms with Crippen LogP contribution >= 0.6 is 0 Å². The largest absolute Gasteiger partial charge is 0.353 e. The second kappa shape index (κ2) is 8.08. The lowest BCUT2D eigenvalue weighted by atomic mass is 10.2. The summed E-state index contributed by atoms with van der Waals surface area (Å²) in [4.78, 5) is 29.9. The first-order chi connectivity index (χ1) is 13.4. The number of benzene rings is 2. The van der Waals surface area contributed by atoms with E-state index in [-0.39, 0.29) is 23.2 Å². The summed E-state index contributed by atoms with van der Waals surface area (Å²) in [5, 5.41) is 19.9. The molecule has 0 fully saturated rings. The average Bonchev–Trinajstić information content (AvgIpc) is 2.65. The zero-order valence-corrected chi connectivity index (χ0v) is 14.6. The molecule has 2 aromatic carbocycles. The Bertz CT molecular complexity index is 1010. The molecule has 10 heteroatoms. The number of carbonyl (C=O) groups excluding carboxylic acids is 1. The van der Waals surface area contributed by atoms with Gasteiger partial charge in [-0.1, -0.05) is 0 Å². The molecule has 0 unspecified atom stereocenters. The van der Waals surface area contributed by atoms with Crippen molar-refractivity contribution in [3.05, 3.63) is 70.8 Å². The molecule has 0 aliphatic carbocycles. The topological polar surface area (TPSA) is 122 Å². The van der Waals surface area contributed by atoms with E-state index in [1.54, 1.807) is 24.3 Å². The third kappa shape index (κ3) is 4.55. The van der Waals surface area contributed by atoms with Crippen LogP contribution in [0.1, 0.15) is 6.92 Å². The fourth-order valence-corrected chi connectivity index (χ4v) is 2.38. The van der Waals surface area contributed by atoms with Crippen LogP contribution in [0.4, 0.5) is 38.8 Å². The fourth-order valence-electron chi connectivity index (χ4n) is 2.38. The van der Waals surface area contributed by atoms with Crippen molar-refractivity contribution in [3.8, 4) is 0 Å².